The Morgan fingerprint density at radius 1 is 0.380 bits per heavy atom. The molecule has 8 aromatic rings. The first-order chi connectivity index (χ1) is 24.2. The zero-order chi connectivity index (χ0) is 32.3. The SMILES string of the molecule is [CH3-].c1cc2c3cc1COCc1ccc4c(c1)c1cc5ccc1n4-c1ccc(cc1)OCCCOc1ccc(cc1)-n2c1ccc(cc31)COC5. The van der Waals surface area contributed by atoms with Crippen LogP contribution in [0.5, 0.6) is 11.5 Å². The largest absolute Gasteiger partial charge is 0.493 e. The number of hydrogen-bond acceptors (Lipinski definition) is 4. The monoisotopic (exact) mass is 657 g/mol. The van der Waals surface area contributed by atoms with Crippen LogP contribution in [0.2, 0.25) is 0 Å². The van der Waals surface area contributed by atoms with E-state index in [4.69, 9.17) is 18.9 Å². The van der Waals surface area contributed by atoms with Gasteiger partial charge >= 0.3 is 0 Å². The first-order valence-electron chi connectivity index (χ1n) is 17.0. The highest BCUT2D eigenvalue weighted by Crippen LogP contribution is 2.36. The molecular weight excluding hydrogens is 620 g/mol. The van der Waals surface area contributed by atoms with Crippen LogP contribution in [0, 0.1) is 7.43 Å². The second-order valence-electron chi connectivity index (χ2n) is 13.1. The van der Waals surface area contributed by atoms with Gasteiger partial charge in [0, 0.05) is 39.3 Å². The zero-order valence-electron chi connectivity index (χ0n) is 28.0. The van der Waals surface area contributed by atoms with Gasteiger partial charge in [0.05, 0.1) is 61.7 Å². The smallest absolute Gasteiger partial charge is 0.119 e. The van der Waals surface area contributed by atoms with E-state index in [1.807, 2.05) is 0 Å². The molecule has 0 radical (unpaired) electrons. The molecule has 15 heterocycles. The van der Waals surface area contributed by atoms with Crippen LogP contribution in [-0.2, 0) is 35.9 Å². The predicted molar refractivity (Wildman–Crippen MR) is 201 cm³/mol. The zero-order valence-corrected chi connectivity index (χ0v) is 28.0. The maximum atomic E-state index is 6.40. The lowest BCUT2D eigenvalue weighted by Crippen LogP contribution is -2.05. The molecule has 2 aromatic heterocycles. The average Bonchev–Trinajstić information content (AvgIpc) is 3.63. The highest BCUT2D eigenvalue weighted by Gasteiger charge is 2.17. The van der Waals surface area contributed by atoms with E-state index in [1.165, 1.54) is 21.5 Å². The molecule has 0 fully saturated rings. The third-order valence-electron chi connectivity index (χ3n) is 9.88. The summed E-state index contributed by atoms with van der Waals surface area (Å²) in [4.78, 5) is 0. The van der Waals surface area contributed by atoms with Gasteiger partial charge in [-0.15, -0.1) is 0 Å². The van der Waals surface area contributed by atoms with Crippen molar-refractivity contribution in [2.75, 3.05) is 13.2 Å². The van der Waals surface area contributed by atoms with E-state index in [-0.39, 0.29) is 7.43 Å². The summed E-state index contributed by atoms with van der Waals surface area (Å²) >= 11 is 0. The summed E-state index contributed by atoms with van der Waals surface area (Å²) in [6, 6.07) is 43.6. The summed E-state index contributed by atoms with van der Waals surface area (Å²) in [5.74, 6) is 1.70. The molecule has 0 unspecified atom stereocenters. The molecule has 0 saturated heterocycles. The van der Waals surface area contributed by atoms with Gasteiger partial charge < -0.3 is 35.5 Å². The van der Waals surface area contributed by atoms with Crippen LogP contribution in [0.1, 0.15) is 28.7 Å². The minimum atomic E-state index is 0. The van der Waals surface area contributed by atoms with Crippen molar-refractivity contribution in [2.45, 2.75) is 32.8 Å². The second-order valence-corrected chi connectivity index (χ2v) is 13.1. The van der Waals surface area contributed by atoms with Crippen LogP contribution >= 0.6 is 0 Å². The Bertz CT molecular complexity index is 2230. The van der Waals surface area contributed by atoms with Crippen molar-refractivity contribution in [3.63, 3.8) is 0 Å². The van der Waals surface area contributed by atoms with Crippen LogP contribution in [0.4, 0.5) is 0 Å². The number of benzene rings is 6. The molecule has 248 valence electrons. The molecule has 0 atom stereocenters. The summed E-state index contributed by atoms with van der Waals surface area (Å²) in [7, 11) is 0. The molecule has 0 N–H and O–H groups in total. The normalized spacial score (nSPS) is 14.6. The van der Waals surface area contributed by atoms with Gasteiger partial charge in [0.15, 0.2) is 0 Å². The Kier molecular flexibility index (Phi) is 7.56. The van der Waals surface area contributed by atoms with Gasteiger partial charge in [0.25, 0.3) is 0 Å². The summed E-state index contributed by atoms with van der Waals surface area (Å²) in [6.07, 6.45) is 0.784. The number of aromatic nitrogens is 2. The molecule has 0 saturated carbocycles. The number of nitrogens with zero attached hydrogens (tertiary/aromatic N) is 2. The molecule has 18 bridgehead atoms. The van der Waals surface area contributed by atoms with Crippen molar-refractivity contribution in [3.05, 3.63) is 151 Å². The molecule has 21 rings (SSSR count). The van der Waals surface area contributed by atoms with Gasteiger partial charge in [0.1, 0.15) is 11.5 Å². The van der Waals surface area contributed by atoms with Crippen LogP contribution in [0.15, 0.2) is 121 Å². The molecule has 13 aliphatic heterocycles. The first kappa shape index (κ1) is 30.5. The van der Waals surface area contributed by atoms with Gasteiger partial charge in [-0.2, -0.15) is 0 Å². The Morgan fingerprint density at radius 3 is 1.02 bits per heavy atom. The van der Waals surface area contributed by atoms with Gasteiger partial charge in [-0.05, 0) is 119 Å². The average molecular weight is 658 g/mol. The molecular formula is C44H37N2O4-. The Labute approximate surface area is 291 Å². The van der Waals surface area contributed by atoms with Crippen molar-refractivity contribution in [1.82, 2.24) is 9.13 Å². The summed E-state index contributed by atoms with van der Waals surface area (Å²) in [5, 5.41) is 4.80. The maximum Gasteiger partial charge on any atom is 0.119 e. The summed E-state index contributed by atoms with van der Waals surface area (Å²) in [6.45, 7) is 3.25. The van der Waals surface area contributed by atoms with Crippen LogP contribution in [0.25, 0.3) is 55.0 Å². The maximum absolute atomic E-state index is 6.40. The lowest BCUT2D eigenvalue weighted by Gasteiger charge is -2.12. The number of ether oxygens (including phenoxy) is 4. The van der Waals surface area contributed by atoms with E-state index in [2.05, 4.69) is 130 Å². The molecule has 6 nitrogen and oxygen atoms in total. The lowest BCUT2D eigenvalue weighted by molar-refractivity contribution is 0.107. The molecule has 50 heavy (non-hydrogen) atoms. The molecule has 0 spiro atoms. The van der Waals surface area contributed by atoms with Crippen molar-refractivity contribution >= 4 is 43.6 Å². The van der Waals surface area contributed by atoms with Gasteiger partial charge in [-0.1, -0.05) is 24.3 Å². The Morgan fingerprint density at radius 2 is 0.700 bits per heavy atom. The van der Waals surface area contributed by atoms with E-state index in [9.17, 15) is 0 Å². The highest BCUT2D eigenvalue weighted by atomic mass is 16.5. The van der Waals surface area contributed by atoms with E-state index < -0.39 is 0 Å². The van der Waals surface area contributed by atoms with E-state index in [0.29, 0.717) is 39.6 Å². The third-order valence-corrected chi connectivity index (χ3v) is 9.88. The fraction of sp³-hybridized carbons (Fsp3) is 0.159. The van der Waals surface area contributed by atoms with Crippen molar-refractivity contribution in [1.29, 1.82) is 0 Å². The van der Waals surface area contributed by atoms with Gasteiger partial charge in [-0.3, -0.25) is 0 Å². The van der Waals surface area contributed by atoms with E-state index in [0.717, 1.165) is 73.6 Å². The topological polar surface area (TPSA) is 46.8 Å². The van der Waals surface area contributed by atoms with E-state index in [1.54, 1.807) is 0 Å². The van der Waals surface area contributed by atoms with Crippen molar-refractivity contribution in [3.8, 4) is 22.9 Å². The third kappa shape index (κ3) is 5.20. The molecule has 0 amide bonds. The summed E-state index contributed by atoms with van der Waals surface area (Å²) < 4.78 is 29.7. The first-order valence-corrected chi connectivity index (χ1v) is 17.0. The second kappa shape index (κ2) is 12.4. The van der Waals surface area contributed by atoms with Crippen LogP contribution in [0.3, 0.4) is 0 Å². The molecule has 13 aliphatic rings. The lowest BCUT2D eigenvalue weighted by atomic mass is 10.1. The fourth-order valence-corrected chi connectivity index (χ4v) is 7.55. The summed E-state index contributed by atoms with van der Waals surface area (Å²) in [5.41, 5.74) is 11.4. The fourth-order valence-electron chi connectivity index (χ4n) is 7.55. The number of hydrogen-bond donors (Lipinski definition) is 0. The molecule has 6 heteroatoms. The quantitative estimate of drug-likeness (QED) is 0.152. The highest BCUT2D eigenvalue weighted by molar-refractivity contribution is 6.10. The minimum absolute atomic E-state index is 0. The van der Waals surface area contributed by atoms with E-state index >= 15 is 0 Å². The minimum Gasteiger partial charge on any atom is -0.493 e. The predicted octanol–water partition coefficient (Wildman–Crippen LogP) is 10.2. The molecule has 0 aliphatic carbocycles. The standard InChI is InChI=1S/C43H34N2O4.CH3/c1-18-48-34-10-6-32(7-11-34)44-40-14-2-28-20-36(40)37-21-30(3-15-41(37)44)26-47-27-31-5-17-43-39(23-31)38-22-29(25-46-24-28)4-16-42(38)45(43)33-8-12-35(13-9-33)49-19-1;/h2-17,20-23H,1,18-19,24-27H2;1H3/q;-1. The molecule has 6 aromatic carbocycles. The van der Waals surface area contributed by atoms with Gasteiger partial charge in [0.2, 0.25) is 0 Å². The Balaban J connectivity index is 0.00000336. The number of rotatable bonds is 0. The van der Waals surface area contributed by atoms with Crippen molar-refractivity contribution < 1.29 is 18.9 Å². The van der Waals surface area contributed by atoms with Crippen LogP contribution < -0.4 is 9.47 Å². The Hall–Kier alpha value is -5.56. The van der Waals surface area contributed by atoms with Crippen molar-refractivity contribution in [2.24, 2.45) is 0 Å². The van der Waals surface area contributed by atoms with Crippen LogP contribution in [-0.4, -0.2) is 22.3 Å². The van der Waals surface area contributed by atoms with Gasteiger partial charge in [-0.25, -0.2) is 0 Å².